The molecule has 92 valence electrons. The minimum Gasteiger partial charge on any atom is -0.356 e. The Kier molecular flexibility index (Phi) is 4.97. The van der Waals surface area contributed by atoms with Crippen LogP contribution in [0, 0.1) is 5.92 Å². The highest BCUT2D eigenvalue weighted by atomic mass is 32.2. The SMILES string of the molecule is O=C(CC1CSCCN1)NCCCC1CC1. The lowest BCUT2D eigenvalue weighted by Crippen LogP contribution is -2.41. The molecule has 2 N–H and O–H groups in total. The quantitative estimate of drug-likeness (QED) is 0.692. The molecule has 4 heteroatoms. The van der Waals surface area contributed by atoms with Gasteiger partial charge in [-0.3, -0.25) is 4.79 Å². The second kappa shape index (κ2) is 6.50. The minimum absolute atomic E-state index is 0.218. The third-order valence-electron chi connectivity index (χ3n) is 3.24. The predicted molar refractivity (Wildman–Crippen MR) is 68.7 cm³/mol. The minimum atomic E-state index is 0.218. The van der Waals surface area contributed by atoms with Crippen LogP contribution in [0.5, 0.6) is 0 Å². The van der Waals surface area contributed by atoms with Gasteiger partial charge in [-0.1, -0.05) is 12.8 Å². The van der Waals surface area contributed by atoms with Gasteiger partial charge in [0.05, 0.1) is 0 Å². The Labute approximate surface area is 102 Å². The number of thioether (sulfide) groups is 1. The summed E-state index contributed by atoms with van der Waals surface area (Å²) in [6.07, 6.45) is 5.94. The summed E-state index contributed by atoms with van der Waals surface area (Å²) in [7, 11) is 0. The van der Waals surface area contributed by atoms with E-state index in [0.29, 0.717) is 12.5 Å². The molecule has 1 unspecified atom stereocenters. The van der Waals surface area contributed by atoms with Crippen molar-refractivity contribution < 1.29 is 4.79 Å². The van der Waals surface area contributed by atoms with Crippen molar-refractivity contribution in [2.45, 2.75) is 38.1 Å². The molecule has 1 saturated carbocycles. The van der Waals surface area contributed by atoms with Gasteiger partial charge in [0.25, 0.3) is 0 Å². The van der Waals surface area contributed by atoms with Crippen LogP contribution in [0.2, 0.25) is 0 Å². The molecule has 0 aromatic carbocycles. The van der Waals surface area contributed by atoms with Crippen molar-refractivity contribution in [2.24, 2.45) is 5.92 Å². The van der Waals surface area contributed by atoms with Crippen LogP contribution in [0.1, 0.15) is 32.1 Å². The Morgan fingerprint density at radius 2 is 2.31 bits per heavy atom. The molecule has 1 aliphatic carbocycles. The highest BCUT2D eigenvalue weighted by Crippen LogP contribution is 2.33. The normalized spacial score (nSPS) is 25.4. The van der Waals surface area contributed by atoms with Crippen LogP contribution in [0.15, 0.2) is 0 Å². The fraction of sp³-hybridized carbons (Fsp3) is 0.917. The average molecular weight is 242 g/mol. The molecule has 1 atom stereocenters. The first-order chi connectivity index (χ1) is 7.84. The molecule has 2 fully saturated rings. The van der Waals surface area contributed by atoms with Crippen LogP contribution in [0.25, 0.3) is 0 Å². The van der Waals surface area contributed by atoms with Crippen molar-refractivity contribution in [1.29, 1.82) is 0 Å². The van der Waals surface area contributed by atoms with Crippen molar-refractivity contribution in [3.05, 3.63) is 0 Å². The summed E-state index contributed by atoms with van der Waals surface area (Å²) in [5, 5.41) is 6.41. The van der Waals surface area contributed by atoms with Crippen LogP contribution in [0.4, 0.5) is 0 Å². The lowest BCUT2D eigenvalue weighted by molar-refractivity contribution is -0.121. The summed E-state index contributed by atoms with van der Waals surface area (Å²) in [4.78, 5) is 11.6. The van der Waals surface area contributed by atoms with Gasteiger partial charge in [-0.05, 0) is 18.8 Å². The molecule has 0 spiro atoms. The highest BCUT2D eigenvalue weighted by molar-refractivity contribution is 7.99. The first kappa shape index (κ1) is 12.2. The van der Waals surface area contributed by atoms with Crippen molar-refractivity contribution in [3.63, 3.8) is 0 Å². The van der Waals surface area contributed by atoms with Crippen LogP contribution < -0.4 is 10.6 Å². The molecule has 3 nitrogen and oxygen atoms in total. The van der Waals surface area contributed by atoms with Crippen LogP contribution in [-0.4, -0.2) is 36.5 Å². The van der Waals surface area contributed by atoms with Crippen LogP contribution >= 0.6 is 11.8 Å². The molecule has 2 rings (SSSR count). The van der Waals surface area contributed by atoms with E-state index in [-0.39, 0.29) is 5.91 Å². The Morgan fingerprint density at radius 1 is 1.44 bits per heavy atom. The summed E-state index contributed by atoms with van der Waals surface area (Å²) >= 11 is 1.94. The summed E-state index contributed by atoms with van der Waals surface area (Å²) in [5.41, 5.74) is 0. The Balaban J connectivity index is 1.49. The van der Waals surface area contributed by atoms with Crippen LogP contribution in [0.3, 0.4) is 0 Å². The standard InChI is InChI=1S/C12H22N2OS/c15-12(8-11-9-16-7-6-13-11)14-5-1-2-10-3-4-10/h10-11,13H,1-9H2,(H,14,15). The first-order valence-corrected chi connectivity index (χ1v) is 7.58. The van der Waals surface area contributed by atoms with Gasteiger partial charge < -0.3 is 10.6 Å². The molecule has 0 bridgehead atoms. The van der Waals surface area contributed by atoms with E-state index in [0.717, 1.165) is 31.2 Å². The molecule has 1 amide bonds. The van der Waals surface area contributed by atoms with E-state index in [1.807, 2.05) is 11.8 Å². The van der Waals surface area contributed by atoms with Crippen molar-refractivity contribution in [3.8, 4) is 0 Å². The van der Waals surface area contributed by atoms with Gasteiger partial charge >= 0.3 is 0 Å². The Morgan fingerprint density at radius 3 is 3.00 bits per heavy atom. The second-order valence-corrected chi connectivity index (χ2v) is 6.02. The van der Waals surface area contributed by atoms with E-state index in [2.05, 4.69) is 10.6 Å². The Hall–Kier alpha value is -0.220. The maximum absolute atomic E-state index is 11.6. The van der Waals surface area contributed by atoms with Gasteiger partial charge in [-0.15, -0.1) is 0 Å². The topological polar surface area (TPSA) is 41.1 Å². The third kappa shape index (κ3) is 4.74. The predicted octanol–water partition coefficient (Wildman–Crippen LogP) is 1.39. The molecule has 1 aliphatic heterocycles. The summed E-state index contributed by atoms with van der Waals surface area (Å²) < 4.78 is 0. The lowest BCUT2D eigenvalue weighted by Gasteiger charge is -2.22. The number of carbonyl (C=O) groups excluding carboxylic acids is 1. The third-order valence-corrected chi connectivity index (χ3v) is 4.37. The van der Waals surface area contributed by atoms with Gasteiger partial charge in [-0.25, -0.2) is 0 Å². The lowest BCUT2D eigenvalue weighted by atomic mass is 10.2. The van der Waals surface area contributed by atoms with Gasteiger partial charge in [0, 0.05) is 37.1 Å². The number of amides is 1. The number of hydrogen-bond donors (Lipinski definition) is 2. The second-order valence-electron chi connectivity index (χ2n) is 4.87. The number of nitrogens with one attached hydrogen (secondary N) is 2. The monoisotopic (exact) mass is 242 g/mol. The van der Waals surface area contributed by atoms with E-state index < -0.39 is 0 Å². The molecular formula is C12H22N2OS. The fourth-order valence-electron chi connectivity index (χ4n) is 2.07. The zero-order valence-electron chi connectivity index (χ0n) is 9.84. The van der Waals surface area contributed by atoms with Gasteiger partial charge in [0.1, 0.15) is 0 Å². The summed E-state index contributed by atoms with van der Waals surface area (Å²) in [6, 6.07) is 0.391. The fourth-order valence-corrected chi connectivity index (χ4v) is 3.02. The maximum Gasteiger partial charge on any atom is 0.221 e. The molecule has 16 heavy (non-hydrogen) atoms. The number of rotatable bonds is 6. The molecule has 1 saturated heterocycles. The maximum atomic E-state index is 11.6. The largest absolute Gasteiger partial charge is 0.356 e. The highest BCUT2D eigenvalue weighted by Gasteiger charge is 2.20. The first-order valence-electron chi connectivity index (χ1n) is 6.42. The molecule has 0 aromatic heterocycles. The van der Waals surface area contributed by atoms with Crippen molar-refractivity contribution in [2.75, 3.05) is 24.6 Å². The molecular weight excluding hydrogens is 220 g/mol. The van der Waals surface area contributed by atoms with E-state index >= 15 is 0 Å². The zero-order chi connectivity index (χ0) is 11.2. The number of hydrogen-bond acceptors (Lipinski definition) is 3. The summed E-state index contributed by atoms with van der Waals surface area (Å²) in [5.74, 6) is 3.46. The molecule has 1 heterocycles. The smallest absolute Gasteiger partial charge is 0.221 e. The van der Waals surface area contributed by atoms with Crippen molar-refractivity contribution >= 4 is 17.7 Å². The zero-order valence-corrected chi connectivity index (χ0v) is 10.7. The van der Waals surface area contributed by atoms with Gasteiger partial charge in [0.15, 0.2) is 0 Å². The van der Waals surface area contributed by atoms with Gasteiger partial charge in [-0.2, -0.15) is 11.8 Å². The molecule has 0 radical (unpaired) electrons. The number of carbonyl (C=O) groups is 1. The van der Waals surface area contributed by atoms with E-state index in [4.69, 9.17) is 0 Å². The van der Waals surface area contributed by atoms with E-state index in [1.54, 1.807) is 0 Å². The molecule has 0 aromatic rings. The van der Waals surface area contributed by atoms with E-state index in [1.165, 1.54) is 25.0 Å². The van der Waals surface area contributed by atoms with Crippen LogP contribution in [-0.2, 0) is 4.79 Å². The molecule has 2 aliphatic rings. The van der Waals surface area contributed by atoms with E-state index in [9.17, 15) is 4.79 Å². The van der Waals surface area contributed by atoms with Gasteiger partial charge in [0.2, 0.25) is 5.91 Å². The Bertz CT molecular complexity index is 225. The summed E-state index contributed by atoms with van der Waals surface area (Å²) in [6.45, 7) is 1.92. The average Bonchev–Trinajstić information content (AvgIpc) is 3.10. The van der Waals surface area contributed by atoms with Crippen molar-refractivity contribution in [1.82, 2.24) is 10.6 Å².